The van der Waals surface area contributed by atoms with Crippen molar-refractivity contribution in [1.29, 1.82) is 0 Å². The van der Waals surface area contributed by atoms with E-state index in [9.17, 15) is 9.90 Å². The normalized spacial score (nSPS) is 13.0. The van der Waals surface area contributed by atoms with Gasteiger partial charge >= 0.3 is 0 Å². The average Bonchev–Trinajstić information content (AvgIpc) is 3.07. The Morgan fingerprint density at radius 2 is 2.08 bits per heavy atom. The molecule has 0 unspecified atom stereocenters. The molecule has 0 bridgehead atoms. The Balaban J connectivity index is 1.41. The Morgan fingerprint density at radius 1 is 1.27 bits per heavy atom. The summed E-state index contributed by atoms with van der Waals surface area (Å²) >= 11 is 0. The first-order valence-electron chi connectivity index (χ1n) is 8.82. The number of nitrogens with one attached hydrogen (secondary N) is 1. The summed E-state index contributed by atoms with van der Waals surface area (Å²) in [5.41, 5.74) is 3.47. The fourth-order valence-electron chi connectivity index (χ4n) is 3.10. The zero-order valence-electron chi connectivity index (χ0n) is 14.9. The SMILES string of the molecule is COc1ccc2c(c1)CCN2CCCNC(=O)/C=C/c1ccc(O)cc1. The molecule has 0 fully saturated rings. The highest BCUT2D eigenvalue weighted by atomic mass is 16.5. The Bertz CT molecular complexity index is 784. The summed E-state index contributed by atoms with van der Waals surface area (Å²) in [6, 6.07) is 12.9. The molecular formula is C21H24N2O3. The minimum atomic E-state index is -0.107. The van der Waals surface area contributed by atoms with E-state index in [0.29, 0.717) is 6.54 Å². The molecule has 0 aromatic heterocycles. The number of benzene rings is 2. The largest absolute Gasteiger partial charge is 0.508 e. The molecule has 1 amide bonds. The van der Waals surface area contributed by atoms with Crippen LogP contribution in [0, 0.1) is 0 Å². The molecule has 136 valence electrons. The van der Waals surface area contributed by atoms with Crippen molar-refractivity contribution in [3.05, 3.63) is 59.7 Å². The number of phenols is 1. The molecule has 2 aromatic carbocycles. The van der Waals surface area contributed by atoms with Gasteiger partial charge in [0.25, 0.3) is 0 Å². The lowest BCUT2D eigenvalue weighted by Gasteiger charge is -2.19. The highest BCUT2D eigenvalue weighted by molar-refractivity contribution is 5.91. The van der Waals surface area contributed by atoms with Gasteiger partial charge in [0.2, 0.25) is 5.91 Å². The van der Waals surface area contributed by atoms with Crippen LogP contribution in [0.1, 0.15) is 17.5 Å². The van der Waals surface area contributed by atoms with Crippen LogP contribution in [-0.4, -0.2) is 37.8 Å². The average molecular weight is 352 g/mol. The molecule has 26 heavy (non-hydrogen) atoms. The molecule has 0 atom stereocenters. The number of rotatable bonds is 7. The first kappa shape index (κ1) is 17.9. The zero-order valence-corrected chi connectivity index (χ0v) is 14.9. The molecule has 0 saturated heterocycles. The molecule has 0 aliphatic carbocycles. The van der Waals surface area contributed by atoms with Crippen molar-refractivity contribution in [2.75, 3.05) is 31.6 Å². The van der Waals surface area contributed by atoms with E-state index in [1.54, 1.807) is 37.5 Å². The quantitative estimate of drug-likeness (QED) is 0.594. The Hall–Kier alpha value is -2.95. The van der Waals surface area contributed by atoms with Crippen molar-refractivity contribution >= 4 is 17.7 Å². The second kappa shape index (κ2) is 8.43. The summed E-state index contributed by atoms with van der Waals surface area (Å²) < 4.78 is 5.28. The van der Waals surface area contributed by atoms with Crippen LogP contribution in [0.5, 0.6) is 11.5 Å². The first-order chi connectivity index (χ1) is 12.7. The van der Waals surface area contributed by atoms with Gasteiger partial charge in [-0.25, -0.2) is 0 Å². The molecular weight excluding hydrogens is 328 g/mol. The summed E-state index contributed by atoms with van der Waals surface area (Å²) in [6.07, 6.45) is 5.18. The van der Waals surface area contributed by atoms with E-state index in [1.807, 2.05) is 6.07 Å². The van der Waals surface area contributed by atoms with Crippen molar-refractivity contribution in [2.24, 2.45) is 0 Å². The maximum Gasteiger partial charge on any atom is 0.244 e. The molecule has 0 radical (unpaired) electrons. The third-order valence-electron chi connectivity index (χ3n) is 4.50. The predicted molar refractivity (Wildman–Crippen MR) is 104 cm³/mol. The van der Waals surface area contributed by atoms with E-state index in [-0.39, 0.29) is 11.7 Å². The van der Waals surface area contributed by atoms with E-state index in [1.165, 1.54) is 17.3 Å². The van der Waals surface area contributed by atoms with Gasteiger partial charge in [0.1, 0.15) is 11.5 Å². The minimum absolute atomic E-state index is 0.107. The summed E-state index contributed by atoms with van der Waals surface area (Å²) in [7, 11) is 1.69. The number of carbonyl (C=O) groups is 1. The third kappa shape index (κ3) is 4.57. The Labute approximate surface area is 153 Å². The van der Waals surface area contributed by atoms with E-state index in [2.05, 4.69) is 22.3 Å². The van der Waals surface area contributed by atoms with Crippen LogP contribution < -0.4 is 15.0 Å². The lowest BCUT2D eigenvalue weighted by molar-refractivity contribution is -0.116. The standard InChI is InChI=1S/C21H24N2O3/c1-26-19-8-9-20-17(15-19)11-14-23(20)13-2-12-22-21(25)10-5-16-3-6-18(24)7-4-16/h3-10,15,24H,2,11-14H2,1H3,(H,22,25)/b10-5+. The molecule has 1 aliphatic heterocycles. The monoisotopic (exact) mass is 352 g/mol. The molecule has 5 heteroatoms. The van der Waals surface area contributed by atoms with Gasteiger partial charge in [-0.15, -0.1) is 0 Å². The van der Waals surface area contributed by atoms with Gasteiger partial charge in [0.05, 0.1) is 7.11 Å². The number of hydrogen-bond acceptors (Lipinski definition) is 4. The van der Waals surface area contributed by atoms with Crippen LogP contribution in [0.4, 0.5) is 5.69 Å². The number of fused-ring (bicyclic) bond motifs is 1. The summed E-state index contributed by atoms with van der Waals surface area (Å²) in [4.78, 5) is 14.2. The maximum absolute atomic E-state index is 11.9. The van der Waals surface area contributed by atoms with E-state index in [0.717, 1.165) is 37.2 Å². The van der Waals surface area contributed by atoms with Gasteiger partial charge in [-0.05, 0) is 60.4 Å². The van der Waals surface area contributed by atoms with Crippen molar-refractivity contribution < 1.29 is 14.6 Å². The summed E-state index contributed by atoms with van der Waals surface area (Å²) in [6.45, 7) is 2.57. The molecule has 1 heterocycles. The molecule has 2 aromatic rings. The maximum atomic E-state index is 11.9. The number of nitrogens with zero attached hydrogens (tertiary/aromatic N) is 1. The van der Waals surface area contributed by atoms with Gasteiger partial charge < -0.3 is 20.1 Å². The molecule has 1 aliphatic rings. The number of anilines is 1. The molecule has 0 saturated carbocycles. The van der Waals surface area contributed by atoms with Crippen LogP contribution in [0.3, 0.4) is 0 Å². The highest BCUT2D eigenvalue weighted by Gasteiger charge is 2.18. The fraction of sp³-hybridized carbons (Fsp3) is 0.286. The third-order valence-corrected chi connectivity index (χ3v) is 4.50. The number of hydrogen-bond donors (Lipinski definition) is 2. The number of ether oxygens (including phenoxy) is 1. The molecule has 0 spiro atoms. The Morgan fingerprint density at radius 3 is 2.85 bits per heavy atom. The number of phenolic OH excluding ortho intramolecular Hbond substituents is 1. The van der Waals surface area contributed by atoms with E-state index < -0.39 is 0 Å². The lowest BCUT2D eigenvalue weighted by atomic mass is 10.1. The minimum Gasteiger partial charge on any atom is -0.508 e. The topological polar surface area (TPSA) is 61.8 Å². The first-order valence-corrected chi connectivity index (χ1v) is 8.82. The van der Waals surface area contributed by atoms with Gasteiger partial charge in [-0.1, -0.05) is 12.1 Å². The van der Waals surface area contributed by atoms with Crippen LogP contribution in [0.15, 0.2) is 48.5 Å². The molecule has 3 rings (SSSR count). The molecule has 2 N–H and O–H groups in total. The van der Waals surface area contributed by atoms with Crippen LogP contribution in [0.2, 0.25) is 0 Å². The number of amides is 1. The van der Waals surface area contributed by atoms with Crippen molar-refractivity contribution in [2.45, 2.75) is 12.8 Å². The van der Waals surface area contributed by atoms with Gasteiger partial charge in [0, 0.05) is 31.4 Å². The van der Waals surface area contributed by atoms with E-state index in [4.69, 9.17) is 4.74 Å². The number of aromatic hydroxyl groups is 1. The molecule has 5 nitrogen and oxygen atoms in total. The predicted octanol–water partition coefficient (Wildman–Crippen LogP) is 2.98. The summed E-state index contributed by atoms with van der Waals surface area (Å²) in [5, 5.41) is 12.1. The van der Waals surface area contributed by atoms with Crippen molar-refractivity contribution in [3.8, 4) is 11.5 Å². The highest BCUT2D eigenvalue weighted by Crippen LogP contribution is 2.31. The zero-order chi connectivity index (χ0) is 18.4. The van der Waals surface area contributed by atoms with Crippen molar-refractivity contribution in [3.63, 3.8) is 0 Å². The van der Waals surface area contributed by atoms with Crippen molar-refractivity contribution in [1.82, 2.24) is 5.32 Å². The van der Waals surface area contributed by atoms with Crippen LogP contribution >= 0.6 is 0 Å². The second-order valence-electron chi connectivity index (χ2n) is 6.30. The van der Waals surface area contributed by atoms with Gasteiger partial charge in [0.15, 0.2) is 0 Å². The van der Waals surface area contributed by atoms with Crippen LogP contribution in [0.25, 0.3) is 6.08 Å². The summed E-state index contributed by atoms with van der Waals surface area (Å²) in [5.74, 6) is 1.01. The second-order valence-corrected chi connectivity index (χ2v) is 6.30. The lowest BCUT2D eigenvalue weighted by Crippen LogP contribution is -2.28. The smallest absolute Gasteiger partial charge is 0.244 e. The van der Waals surface area contributed by atoms with Gasteiger partial charge in [-0.2, -0.15) is 0 Å². The number of carbonyl (C=O) groups excluding carboxylic acids is 1. The Kier molecular flexibility index (Phi) is 5.79. The van der Waals surface area contributed by atoms with Crippen LogP contribution in [-0.2, 0) is 11.2 Å². The van der Waals surface area contributed by atoms with Gasteiger partial charge in [-0.3, -0.25) is 4.79 Å². The van der Waals surface area contributed by atoms with E-state index >= 15 is 0 Å². The number of methoxy groups -OCH3 is 1. The fourth-order valence-corrected chi connectivity index (χ4v) is 3.10.